The molecular weight excluding hydrogens is 412 g/mol. The number of anilines is 1. The maximum atomic E-state index is 13.1. The molecule has 32 heavy (non-hydrogen) atoms. The molecule has 0 unspecified atom stereocenters. The first-order valence-corrected chi connectivity index (χ1v) is 10.3. The lowest BCUT2D eigenvalue weighted by atomic mass is 10.0. The Kier molecular flexibility index (Phi) is 6.92. The molecule has 1 N–H and O–H groups in total. The van der Waals surface area contributed by atoms with Gasteiger partial charge < -0.3 is 24.3 Å². The number of amides is 2. The van der Waals surface area contributed by atoms with E-state index >= 15 is 0 Å². The molecule has 0 radical (unpaired) electrons. The van der Waals surface area contributed by atoms with Crippen molar-refractivity contribution < 1.29 is 28.5 Å². The van der Waals surface area contributed by atoms with Crippen molar-refractivity contribution in [1.82, 2.24) is 4.90 Å². The molecule has 1 aliphatic heterocycles. The number of carbonyl (C=O) groups excluding carboxylic acids is 2. The summed E-state index contributed by atoms with van der Waals surface area (Å²) in [5.41, 5.74) is 1.61. The van der Waals surface area contributed by atoms with Crippen LogP contribution in [0.3, 0.4) is 0 Å². The second-order valence-corrected chi connectivity index (χ2v) is 7.33. The van der Waals surface area contributed by atoms with E-state index in [-0.39, 0.29) is 24.3 Å². The number of hydrogen-bond donors (Lipinski definition) is 1. The fraction of sp³-hybridized carbons (Fsp3) is 0.333. The molecule has 170 valence electrons. The smallest absolute Gasteiger partial charge is 0.278 e. The number of imide groups is 1. The van der Waals surface area contributed by atoms with Crippen LogP contribution in [0, 0.1) is 0 Å². The Morgan fingerprint density at radius 2 is 1.50 bits per heavy atom. The first-order chi connectivity index (χ1) is 15.3. The molecule has 0 atom stereocenters. The van der Waals surface area contributed by atoms with Gasteiger partial charge in [-0.25, -0.2) is 0 Å². The van der Waals surface area contributed by atoms with Gasteiger partial charge in [-0.05, 0) is 38.5 Å². The van der Waals surface area contributed by atoms with Gasteiger partial charge in [0.1, 0.15) is 11.4 Å². The van der Waals surface area contributed by atoms with Crippen molar-refractivity contribution in [3.8, 4) is 23.0 Å². The van der Waals surface area contributed by atoms with Crippen molar-refractivity contribution in [2.75, 3.05) is 33.2 Å². The number of ether oxygens (including phenoxy) is 4. The van der Waals surface area contributed by atoms with Crippen LogP contribution in [0.2, 0.25) is 0 Å². The number of benzene rings is 2. The highest BCUT2D eigenvalue weighted by molar-refractivity contribution is 6.36. The molecule has 0 saturated carbocycles. The van der Waals surface area contributed by atoms with E-state index in [1.807, 2.05) is 13.8 Å². The average molecular weight is 440 g/mol. The van der Waals surface area contributed by atoms with Crippen LogP contribution < -0.4 is 24.3 Å². The van der Waals surface area contributed by atoms with Crippen LogP contribution in [0.1, 0.15) is 26.3 Å². The van der Waals surface area contributed by atoms with E-state index in [9.17, 15) is 9.59 Å². The van der Waals surface area contributed by atoms with Crippen molar-refractivity contribution in [3.63, 3.8) is 0 Å². The molecule has 0 bridgehead atoms. The minimum absolute atomic E-state index is 0.0302. The van der Waals surface area contributed by atoms with Crippen LogP contribution in [0.25, 0.3) is 5.57 Å². The maximum Gasteiger partial charge on any atom is 0.278 e. The summed E-state index contributed by atoms with van der Waals surface area (Å²) in [6.45, 7) is 5.90. The predicted molar refractivity (Wildman–Crippen MR) is 121 cm³/mol. The standard InChI is InChI=1S/C24H28N2O6/c1-7-26-23(27)20(15-8-10-17(11-9-15)32-14(2)3)21(24(26)28)25-16-12-18(29-4)22(31-6)19(13-16)30-5/h8-14,25H,7H2,1-6H3. The van der Waals surface area contributed by atoms with Crippen molar-refractivity contribution in [2.45, 2.75) is 26.9 Å². The molecule has 1 heterocycles. The molecule has 0 fully saturated rings. The molecule has 0 aliphatic carbocycles. The van der Waals surface area contributed by atoms with E-state index in [0.717, 1.165) is 0 Å². The summed E-state index contributed by atoms with van der Waals surface area (Å²) in [5.74, 6) is 1.22. The third-order valence-corrected chi connectivity index (χ3v) is 4.93. The first-order valence-electron chi connectivity index (χ1n) is 10.3. The fourth-order valence-corrected chi connectivity index (χ4v) is 3.52. The van der Waals surface area contributed by atoms with E-state index < -0.39 is 5.91 Å². The molecule has 1 aliphatic rings. The zero-order valence-electron chi connectivity index (χ0n) is 19.1. The highest BCUT2D eigenvalue weighted by Gasteiger charge is 2.38. The molecular formula is C24H28N2O6. The minimum atomic E-state index is -0.399. The van der Waals surface area contributed by atoms with Crippen molar-refractivity contribution >= 4 is 23.1 Å². The summed E-state index contributed by atoms with van der Waals surface area (Å²) in [4.78, 5) is 27.3. The SMILES string of the molecule is CCN1C(=O)C(Nc2cc(OC)c(OC)c(OC)c2)=C(c2ccc(OC(C)C)cc2)C1=O. The largest absolute Gasteiger partial charge is 0.493 e. The van der Waals surface area contributed by atoms with Crippen LogP contribution in [-0.2, 0) is 9.59 Å². The molecule has 3 rings (SSSR count). The predicted octanol–water partition coefficient (Wildman–Crippen LogP) is 3.71. The van der Waals surface area contributed by atoms with E-state index in [4.69, 9.17) is 18.9 Å². The minimum Gasteiger partial charge on any atom is -0.493 e. The summed E-state index contributed by atoms with van der Waals surface area (Å²) >= 11 is 0. The Bertz CT molecular complexity index is 1020. The van der Waals surface area contributed by atoms with Crippen LogP contribution in [0.15, 0.2) is 42.1 Å². The lowest BCUT2D eigenvalue weighted by Gasteiger charge is -2.16. The van der Waals surface area contributed by atoms with Gasteiger partial charge in [0.15, 0.2) is 11.5 Å². The molecule has 0 saturated heterocycles. The normalized spacial score (nSPS) is 13.7. The zero-order valence-corrected chi connectivity index (χ0v) is 19.1. The highest BCUT2D eigenvalue weighted by atomic mass is 16.5. The zero-order chi connectivity index (χ0) is 23.4. The molecule has 2 aromatic carbocycles. The van der Waals surface area contributed by atoms with Gasteiger partial charge in [0, 0.05) is 24.4 Å². The van der Waals surface area contributed by atoms with Gasteiger partial charge in [0.05, 0.1) is 33.0 Å². The first kappa shape index (κ1) is 23.0. The summed E-state index contributed by atoms with van der Waals surface area (Å²) in [5, 5.41) is 3.10. The van der Waals surface area contributed by atoms with Crippen molar-refractivity contribution in [2.24, 2.45) is 0 Å². The van der Waals surface area contributed by atoms with E-state index in [1.54, 1.807) is 43.3 Å². The van der Waals surface area contributed by atoms with Gasteiger partial charge >= 0.3 is 0 Å². The van der Waals surface area contributed by atoms with Gasteiger partial charge in [-0.1, -0.05) is 12.1 Å². The van der Waals surface area contributed by atoms with Crippen LogP contribution >= 0.6 is 0 Å². The Labute approximate surface area is 187 Å². The Morgan fingerprint density at radius 3 is 1.97 bits per heavy atom. The number of nitrogens with one attached hydrogen (secondary N) is 1. The molecule has 0 aromatic heterocycles. The van der Waals surface area contributed by atoms with Gasteiger partial charge in [0.25, 0.3) is 11.8 Å². The number of nitrogens with zero attached hydrogens (tertiary/aromatic N) is 1. The number of carbonyl (C=O) groups is 2. The summed E-state index contributed by atoms with van der Waals surface area (Å²) in [6, 6.07) is 10.5. The van der Waals surface area contributed by atoms with Crippen LogP contribution in [0.5, 0.6) is 23.0 Å². The Hall–Kier alpha value is -3.68. The monoisotopic (exact) mass is 440 g/mol. The maximum absolute atomic E-state index is 13.1. The summed E-state index contributed by atoms with van der Waals surface area (Å²) in [6.07, 6.45) is 0.0302. The van der Waals surface area contributed by atoms with Gasteiger partial charge in [-0.2, -0.15) is 0 Å². The number of rotatable bonds is 9. The lowest BCUT2D eigenvalue weighted by molar-refractivity contribution is -0.136. The van der Waals surface area contributed by atoms with Gasteiger partial charge in [0.2, 0.25) is 5.75 Å². The van der Waals surface area contributed by atoms with E-state index in [1.165, 1.54) is 26.2 Å². The van der Waals surface area contributed by atoms with Crippen LogP contribution in [-0.4, -0.2) is 50.7 Å². The summed E-state index contributed by atoms with van der Waals surface area (Å²) in [7, 11) is 4.53. The summed E-state index contributed by atoms with van der Waals surface area (Å²) < 4.78 is 21.8. The topological polar surface area (TPSA) is 86.3 Å². The lowest BCUT2D eigenvalue weighted by Crippen LogP contribution is -2.32. The molecule has 2 aromatic rings. The molecule has 8 nitrogen and oxygen atoms in total. The van der Waals surface area contributed by atoms with Crippen molar-refractivity contribution in [1.29, 1.82) is 0 Å². The molecule has 0 spiro atoms. The number of likely N-dealkylation sites (N-methyl/N-ethyl adjacent to an activating group) is 1. The van der Waals surface area contributed by atoms with Crippen LogP contribution in [0.4, 0.5) is 5.69 Å². The number of methoxy groups -OCH3 is 3. The highest BCUT2D eigenvalue weighted by Crippen LogP contribution is 2.41. The van der Waals surface area contributed by atoms with Crippen molar-refractivity contribution in [3.05, 3.63) is 47.7 Å². The van der Waals surface area contributed by atoms with E-state index in [0.29, 0.717) is 39.8 Å². The molecule has 8 heteroatoms. The second-order valence-electron chi connectivity index (χ2n) is 7.33. The second kappa shape index (κ2) is 9.64. The quantitative estimate of drug-likeness (QED) is 0.595. The van der Waals surface area contributed by atoms with Gasteiger partial charge in [-0.3, -0.25) is 14.5 Å². The van der Waals surface area contributed by atoms with E-state index in [2.05, 4.69) is 5.32 Å². The fourth-order valence-electron chi connectivity index (χ4n) is 3.52. The average Bonchev–Trinajstić information content (AvgIpc) is 3.01. The Morgan fingerprint density at radius 1 is 0.906 bits per heavy atom. The third kappa shape index (κ3) is 4.34. The molecule has 2 amide bonds. The van der Waals surface area contributed by atoms with Gasteiger partial charge in [-0.15, -0.1) is 0 Å². The number of hydrogen-bond acceptors (Lipinski definition) is 7. The Balaban J connectivity index is 2.07. The third-order valence-electron chi connectivity index (χ3n) is 4.93.